The second kappa shape index (κ2) is 9.34. The molecule has 1 N–H and O–H groups in total. The van der Waals surface area contributed by atoms with Gasteiger partial charge in [-0.2, -0.15) is 4.31 Å². The summed E-state index contributed by atoms with van der Waals surface area (Å²) in [7, 11) is -3.26. The molecule has 1 fully saturated rings. The molecule has 1 aliphatic carbocycles. The SMILES string of the molecule is Cc1ccccc1CC(=O)NCCN(C1CCCCCC1)S(C)(=O)=O. The molecule has 25 heavy (non-hydrogen) atoms. The van der Waals surface area contributed by atoms with Crippen LogP contribution in [0.25, 0.3) is 0 Å². The van der Waals surface area contributed by atoms with Crippen LogP contribution in [0.15, 0.2) is 24.3 Å². The lowest BCUT2D eigenvalue weighted by Crippen LogP contribution is -2.44. The molecule has 1 aliphatic rings. The maximum Gasteiger partial charge on any atom is 0.224 e. The molecule has 1 amide bonds. The molecule has 1 saturated carbocycles. The highest BCUT2D eigenvalue weighted by Crippen LogP contribution is 2.23. The number of carbonyl (C=O) groups is 1. The van der Waals surface area contributed by atoms with E-state index in [1.54, 1.807) is 4.31 Å². The van der Waals surface area contributed by atoms with E-state index in [0.29, 0.717) is 19.5 Å². The molecule has 6 heteroatoms. The summed E-state index contributed by atoms with van der Waals surface area (Å²) in [5, 5.41) is 2.87. The van der Waals surface area contributed by atoms with Gasteiger partial charge in [0.15, 0.2) is 0 Å². The lowest BCUT2D eigenvalue weighted by molar-refractivity contribution is -0.120. The number of carbonyl (C=O) groups excluding carboxylic acids is 1. The molecule has 0 unspecified atom stereocenters. The third-order valence-corrected chi connectivity index (χ3v) is 6.26. The fourth-order valence-electron chi connectivity index (χ4n) is 3.51. The Labute approximate surface area is 151 Å². The first kappa shape index (κ1) is 19.9. The van der Waals surface area contributed by atoms with Crippen molar-refractivity contribution in [1.82, 2.24) is 9.62 Å². The lowest BCUT2D eigenvalue weighted by Gasteiger charge is -2.29. The van der Waals surface area contributed by atoms with Gasteiger partial charge in [0.1, 0.15) is 0 Å². The summed E-state index contributed by atoms with van der Waals surface area (Å²) >= 11 is 0. The van der Waals surface area contributed by atoms with Crippen LogP contribution in [0.2, 0.25) is 0 Å². The minimum atomic E-state index is -3.26. The van der Waals surface area contributed by atoms with Crippen LogP contribution >= 0.6 is 0 Å². The number of nitrogens with one attached hydrogen (secondary N) is 1. The molecule has 5 nitrogen and oxygen atoms in total. The van der Waals surface area contributed by atoms with E-state index in [4.69, 9.17) is 0 Å². The summed E-state index contributed by atoms with van der Waals surface area (Å²) in [4.78, 5) is 12.1. The zero-order valence-electron chi connectivity index (χ0n) is 15.3. The molecule has 0 spiro atoms. The van der Waals surface area contributed by atoms with Crippen LogP contribution in [0.5, 0.6) is 0 Å². The zero-order valence-corrected chi connectivity index (χ0v) is 16.1. The van der Waals surface area contributed by atoms with Crippen LogP contribution in [0.3, 0.4) is 0 Å². The monoisotopic (exact) mass is 366 g/mol. The molecule has 140 valence electrons. The molecule has 1 aromatic rings. The molecule has 0 radical (unpaired) electrons. The van der Waals surface area contributed by atoms with E-state index in [9.17, 15) is 13.2 Å². The number of aryl methyl sites for hydroxylation is 1. The lowest BCUT2D eigenvalue weighted by atomic mass is 10.1. The second-order valence-electron chi connectivity index (χ2n) is 6.97. The van der Waals surface area contributed by atoms with Crippen LogP contribution in [-0.4, -0.2) is 44.0 Å². The van der Waals surface area contributed by atoms with Gasteiger partial charge in [0.05, 0.1) is 12.7 Å². The number of hydrogen-bond acceptors (Lipinski definition) is 3. The Morgan fingerprint density at radius 1 is 1.16 bits per heavy atom. The van der Waals surface area contributed by atoms with Crippen molar-refractivity contribution in [3.05, 3.63) is 35.4 Å². The topological polar surface area (TPSA) is 66.5 Å². The Morgan fingerprint density at radius 2 is 1.80 bits per heavy atom. The van der Waals surface area contributed by atoms with Crippen molar-refractivity contribution >= 4 is 15.9 Å². The van der Waals surface area contributed by atoms with Crippen LogP contribution in [0, 0.1) is 6.92 Å². The van der Waals surface area contributed by atoms with Gasteiger partial charge >= 0.3 is 0 Å². The third kappa shape index (κ3) is 6.44. The summed E-state index contributed by atoms with van der Waals surface area (Å²) in [6, 6.07) is 7.88. The molecule has 0 bridgehead atoms. The summed E-state index contributed by atoms with van der Waals surface area (Å²) in [5.74, 6) is -0.0661. The normalized spacial score (nSPS) is 16.6. The molecular weight excluding hydrogens is 336 g/mol. The standard InChI is InChI=1S/C19H30N2O3S/c1-16-9-7-8-10-17(16)15-19(22)20-13-14-21(25(2,23)24)18-11-5-3-4-6-12-18/h7-10,18H,3-6,11-15H2,1-2H3,(H,20,22). The van der Waals surface area contributed by atoms with Crippen LogP contribution in [0.1, 0.15) is 49.7 Å². The Balaban J connectivity index is 1.88. The zero-order chi connectivity index (χ0) is 18.3. The van der Waals surface area contributed by atoms with Crippen molar-refractivity contribution in [1.29, 1.82) is 0 Å². The number of hydrogen-bond donors (Lipinski definition) is 1. The van der Waals surface area contributed by atoms with Crippen molar-refractivity contribution in [2.75, 3.05) is 19.3 Å². The highest BCUT2D eigenvalue weighted by Gasteiger charge is 2.26. The highest BCUT2D eigenvalue weighted by molar-refractivity contribution is 7.88. The van der Waals surface area contributed by atoms with E-state index in [2.05, 4.69) is 5.32 Å². The van der Waals surface area contributed by atoms with Gasteiger partial charge in [-0.05, 0) is 30.9 Å². The molecular formula is C19H30N2O3S. The van der Waals surface area contributed by atoms with Gasteiger partial charge in [-0.25, -0.2) is 8.42 Å². The number of rotatable bonds is 7. The van der Waals surface area contributed by atoms with E-state index in [0.717, 1.165) is 36.8 Å². The summed E-state index contributed by atoms with van der Waals surface area (Å²) in [6.45, 7) is 2.69. The fourth-order valence-corrected chi connectivity index (χ4v) is 4.69. The Morgan fingerprint density at radius 3 is 2.40 bits per heavy atom. The van der Waals surface area contributed by atoms with Crippen LogP contribution in [-0.2, 0) is 21.2 Å². The van der Waals surface area contributed by atoms with Crippen LogP contribution < -0.4 is 5.32 Å². The van der Waals surface area contributed by atoms with Gasteiger partial charge in [0.25, 0.3) is 0 Å². The summed E-state index contributed by atoms with van der Waals surface area (Å²) in [6.07, 6.45) is 7.96. The quantitative estimate of drug-likeness (QED) is 0.755. The van der Waals surface area contributed by atoms with Gasteiger partial charge in [0.2, 0.25) is 15.9 Å². The molecule has 0 saturated heterocycles. The van der Waals surface area contributed by atoms with Crippen molar-refractivity contribution in [2.24, 2.45) is 0 Å². The maximum absolute atomic E-state index is 12.2. The number of amides is 1. The minimum absolute atomic E-state index is 0.0661. The molecule has 2 rings (SSSR count). The van der Waals surface area contributed by atoms with E-state index < -0.39 is 10.0 Å². The highest BCUT2D eigenvalue weighted by atomic mass is 32.2. The number of nitrogens with zero attached hydrogens (tertiary/aromatic N) is 1. The predicted molar refractivity (Wildman–Crippen MR) is 101 cm³/mol. The van der Waals surface area contributed by atoms with Crippen molar-refractivity contribution < 1.29 is 13.2 Å². The summed E-state index contributed by atoms with van der Waals surface area (Å²) < 4.78 is 25.9. The fraction of sp³-hybridized carbons (Fsp3) is 0.632. The molecule has 0 atom stereocenters. The largest absolute Gasteiger partial charge is 0.354 e. The first-order chi connectivity index (χ1) is 11.9. The Bertz CT molecular complexity index is 665. The van der Waals surface area contributed by atoms with E-state index in [1.807, 2.05) is 31.2 Å². The molecule has 0 heterocycles. The number of sulfonamides is 1. The average Bonchev–Trinajstić information content (AvgIpc) is 2.81. The number of benzene rings is 1. The molecule has 0 aliphatic heterocycles. The van der Waals surface area contributed by atoms with Gasteiger partial charge in [-0.1, -0.05) is 49.9 Å². The van der Waals surface area contributed by atoms with E-state index in [-0.39, 0.29) is 11.9 Å². The first-order valence-corrected chi connectivity index (χ1v) is 11.0. The molecule has 1 aromatic carbocycles. The van der Waals surface area contributed by atoms with Crippen molar-refractivity contribution in [3.63, 3.8) is 0 Å². The van der Waals surface area contributed by atoms with Crippen molar-refractivity contribution in [2.45, 2.75) is 57.9 Å². The van der Waals surface area contributed by atoms with E-state index in [1.165, 1.54) is 19.1 Å². The van der Waals surface area contributed by atoms with Crippen LogP contribution in [0.4, 0.5) is 0 Å². The summed E-state index contributed by atoms with van der Waals surface area (Å²) in [5.41, 5.74) is 2.10. The Hall–Kier alpha value is -1.40. The second-order valence-corrected chi connectivity index (χ2v) is 8.91. The third-order valence-electron chi connectivity index (χ3n) is 4.92. The van der Waals surface area contributed by atoms with Crippen molar-refractivity contribution in [3.8, 4) is 0 Å². The smallest absolute Gasteiger partial charge is 0.224 e. The van der Waals surface area contributed by atoms with Gasteiger partial charge in [-0.15, -0.1) is 0 Å². The van der Waals surface area contributed by atoms with Gasteiger partial charge in [0, 0.05) is 19.1 Å². The minimum Gasteiger partial charge on any atom is -0.354 e. The first-order valence-electron chi connectivity index (χ1n) is 9.16. The average molecular weight is 367 g/mol. The predicted octanol–water partition coefficient (Wildman–Crippen LogP) is 2.64. The van der Waals surface area contributed by atoms with Gasteiger partial charge < -0.3 is 5.32 Å². The van der Waals surface area contributed by atoms with E-state index >= 15 is 0 Å². The molecule has 0 aromatic heterocycles. The maximum atomic E-state index is 12.2. The Kier molecular flexibility index (Phi) is 7.44. The van der Waals surface area contributed by atoms with Gasteiger partial charge in [-0.3, -0.25) is 4.79 Å².